The standard InChI is InChI=1S/C11H17NO2S/c1-9-4-5-11(8-10(9)2)12-6-7-15(3,13)14/h4-5,8,12H,6-7H2,1-3H3. The van der Waals surface area contributed by atoms with Crippen LogP contribution in [-0.2, 0) is 9.84 Å². The van der Waals surface area contributed by atoms with Crippen LogP contribution in [-0.4, -0.2) is 27.0 Å². The van der Waals surface area contributed by atoms with Crippen LogP contribution in [0.25, 0.3) is 0 Å². The van der Waals surface area contributed by atoms with E-state index in [0.717, 1.165) is 5.69 Å². The van der Waals surface area contributed by atoms with Gasteiger partial charge in [0.2, 0.25) is 0 Å². The van der Waals surface area contributed by atoms with Crippen molar-refractivity contribution in [2.45, 2.75) is 13.8 Å². The van der Waals surface area contributed by atoms with E-state index in [0.29, 0.717) is 6.54 Å². The number of nitrogens with one attached hydrogen (secondary N) is 1. The van der Waals surface area contributed by atoms with Gasteiger partial charge in [0.15, 0.2) is 0 Å². The Labute approximate surface area is 91.4 Å². The molecular weight excluding hydrogens is 210 g/mol. The summed E-state index contributed by atoms with van der Waals surface area (Å²) < 4.78 is 21.8. The van der Waals surface area contributed by atoms with Gasteiger partial charge in [-0.05, 0) is 37.1 Å². The minimum absolute atomic E-state index is 0.167. The first kappa shape index (κ1) is 12.0. The van der Waals surface area contributed by atoms with Gasteiger partial charge in [-0.1, -0.05) is 6.07 Å². The number of sulfone groups is 1. The summed E-state index contributed by atoms with van der Waals surface area (Å²) in [5.41, 5.74) is 3.42. The number of hydrogen-bond acceptors (Lipinski definition) is 3. The molecule has 1 rings (SSSR count). The molecule has 0 aliphatic rings. The lowest BCUT2D eigenvalue weighted by Gasteiger charge is -2.07. The number of benzene rings is 1. The SMILES string of the molecule is Cc1ccc(NCCS(C)(=O)=O)cc1C. The van der Waals surface area contributed by atoms with Crippen LogP contribution in [0.5, 0.6) is 0 Å². The molecule has 1 aromatic carbocycles. The van der Waals surface area contributed by atoms with Crippen LogP contribution >= 0.6 is 0 Å². The van der Waals surface area contributed by atoms with Crippen LogP contribution < -0.4 is 5.32 Å². The Bertz CT molecular complexity index is 438. The molecule has 0 amide bonds. The minimum Gasteiger partial charge on any atom is -0.384 e. The van der Waals surface area contributed by atoms with Crippen LogP contribution in [0.1, 0.15) is 11.1 Å². The Balaban J connectivity index is 2.55. The summed E-state index contributed by atoms with van der Waals surface area (Å²) in [5.74, 6) is 0.167. The van der Waals surface area contributed by atoms with E-state index in [2.05, 4.69) is 12.2 Å². The van der Waals surface area contributed by atoms with Gasteiger partial charge >= 0.3 is 0 Å². The number of anilines is 1. The third kappa shape index (κ3) is 4.34. The Hall–Kier alpha value is -1.03. The van der Waals surface area contributed by atoms with Gasteiger partial charge in [-0.25, -0.2) is 8.42 Å². The van der Waals surface area contributed by atoms with Crippen LogP contribution in [0.4, 0.5) is 5.69 Å². The third-order valence-corrected chi connectivity index (χ3v) is 3.25. The summed E-state index contributed by atoms with van der Waals surface area (Å²) in [6, 6.07) is 6.01. The quantitative estimate of drug-likeness (QED) is 0.852. The normalized spacial score (nSPS) is 11.4. The fraction of sp³-hybridized carbons (Fsp3) is 0.455. The monoisotopic (exact) mass is 227 g/mol. The van der Waals surface area contributed by atoms with Crippen LogP contribution in [0.15, 0.2) is 18.2 Å². The molecule has 1 aromatic rings. The average Bonchev–Trinajstić information content (AvgIpc) is 2.09. The van der Waals surface area contributed by atoms with Crippen molar-refractivity contribution in [1.82, 2.24) is 0 Å². The van der Waals surface area contributed by atoms with Gasteiger partial charge in [0.25, 0.3) is 0 Å². The van der Waals surface area contributed by atoms with E-state index in [9.17, 15) is 8.42 Å². The molecule has 0 radical (unpaired) electrons. The molecule has 0 aliphatic carbocycles. The molecule has 0 heterocycles. The van der Waals surface area contributed by atoms with Gasteiger partial charge in [-0.2, -0.15) is 0 Å². The van der Waals surface area contributed by atoms with E-state index < -0.39 is 9.84 Å². The molecule has 0 saturated carbocycles. The van der Waals surface area contributed by atoms with Crippen molar-refractivity contribution in [1.29, 1.82) is 0 Å². The maximum absolute atomic E-state index is 10.9. The molecule has 0 bridgehead atoms. The molecule has 84 valence electrons. The Kier molecular flexibility index (Phi) is 3.74. The predicted octanol–water partition coefficient (Wildman–Crippen LogP) is 1.76. The van der Waals surface area contributed by atoms with Crippen LogP contribution in [0.3, 0.4) is 0 Å². The molecule has 4 heteroatoms. The molecule has 0 spiro atoms. The van der Waals surface area contributed by atoms with Crippen LogP contribution in [0.2, 0.25) is 0 Å². The van der Waals surface area contributed by atoms with Crippen molar-refractivity contribution in [3.8, 4) is 0 Å². The smallest absolute Gasteiger partial charge is 0.149 e. The Morgan fingerprint density at radius 2 is 1.87 bits per heavy atom. The Morgan fingerprint density at radius 1 is 1.20 bits per heavy atom. The number of aryl methyl sites for hydroxylation is 2. The summed E-state index contributed by atoms with van der Waals surface area (Å²) >= 11 is 0. The van der Waals surface area contributed by atoms with Crippen LogP contribution in [0, 0.1) is 13.8 Å². The fourth-order valence-electron chi connectivity index (χ4n) is 1.23. The van der Waals surface area contributed by atoms with Crippen molar-refractivity contribution in [3.63, 3.8) is 0 Å². The van der Waals surface area contributed by atoms with Gasteiger partial charge in [0.1, 0.15) is 9.84 Å². The highest BCUT2D eigenvalue weighted by Crippen LogP contribution is 2.13. The van der Waals surface area contributed by atoms with Crippen molar-refractivity contribution in [2.24, 2.45) is 0 Å². The van der Waals surface area contributed by atoms with Crippen molar-refractivity contribution >= 4 is 15.5 Å². The molecule has 0 aromatic heterocycles. The van der Waals surface area contributed by atoms with Crippen molar-refractivity contribution in [3.05, 3.63) is 29.3 Å². The zero-order valence-corrected chi connectivity index (χ0v) is 10.2. The Morgan fingerprint density at radius 3 is 2.40 bits per heavy atom. The lowest BCUT2D eigenvalue weighted by Crippen LogP contribution is -2.14. The zero-order chi connectivity index (χ0) is 11.5. The second kappa shape index (κ2) is 4.66. The lowest BCUT2D eigenvalue weighted by atomic mass is 10.1. The van der Waals surface area contributed by atoms with E-state index in [1.165, 1.54) is 17.4 Å². The largest absolute Gasteiger partial charge is 0.384 e. The molecule has 0 fully saturated rings. The number of hydrogen-bond donors (Lipinski definition) is 1. The molecule has 3 nitrogen and oxygen atoms in total. The van der Waals surface area contributed by atoms with Gasteiger partial charge in [0, 0.05) is 18.5 Å². The van der Waals surface area contributed by atoms with E-state index in [1.807, 2.05) is 25.1 Å². The molecular formula is C11H17NO2S. The topological polar surface area (TPSA) is 46.2 Å². The fourth-order valence-corrected chi connectivity index (χ4v) is 1.70. The second-order valence-corrected chi connectivity index (χ2v) is 6.12. The second-order valence-electron chi connectivity index (χ2n) is 3.86. The van der Waals surface area contributed by atoms with E-state index in [4.69, 9.17) is 0 Å². The van der Waals surface area contributed by atoms with E-state index in [1.54, 1.807) is 0 Å². The van der Waals surface area contributed by atoms with Gasteiger partial charge in [0.05, 0.1) is 5.75 Å². The highest BCUT2D eigenvalue weighted by molar-refractivity contribution is 7.90. The summed E-state index contributed by atoms with van der Waals surface area (Å²) in [4.78, 5) is 0. The summed E-state index contributed by atoms with van der Waals surface area (Å²) in [5, 5.41) is 3.09. The van der Waals surface area contributed by atoms with Gasteiger partial charge in [-0.15, -0.1) is 0 Å². The average molecular weight is 227 g/mol. The maximum Gasteiger partial charge on any atom is 0.149 e. The first-order valence-electron chi connectivity index (χ1n) is 4.87. The molecule has 15 heavy (non-hydrogen) atoms. The highest BCUT2D eigenvalue weighted by atomic mass is 32.2. The van der Waals surface area contributed by atoms with Crippen molar-refractivity contribution in [2.75, 3.05) is 23.9 Å². The van der Waals surface area contributed by atoms with Crippen molar-refractivity contribution < 1.29 is 8.42 Å². The van der Waals surface area contributed by atoms with Gasteiger partial charge < -0.3 is 5.32 Å². The maximum atomic E-state index is 10.9. The highest BCUT2D eigenvalue weighted by Gasteiger charge is 2.01. The summed E-state index contributed by atoms with van der Waals surface area (Å²) in [6.45, 7) is 4.55. The van der Waals surface area contributed by atoms with Gasteiger partial charge in [-0.3, -0.25) is 0 Å². The molecule has 0 atom stereocenters. The lowest BCUT2D eigenvalue weighted by molar-refractivity contribution is 0.602. The van der Waals surface area contributed by atoms with E-state index in [-0.39, 0.29) is 5.75 Å². The minimum atomic E-state index is -2.88. The first-order chi connectivity index (χ1) is 6.88. The first-order valence-corrected chi connectivity index (χ1v) is 6.93. The molecule has 0 saturated heterocycles. The molecule has 0 aliphatic heterocycles. The molecule has 1 N–H and O–H groups in total. The van der Waals surface area contributed by atoms with E-state index >= 15 is 0 Å². The third-order valence-electron chi connectivity index (χ3n) is 2.31. The zero-order valence-electron chi connectivity index (χ0n) is 9.37. The molecule has 0 unspecified atom stereocenters. The summed E-state index contributed by atoms with van der Waals surface area (Å²) in [6.07, 6.45) is 1.25. The summed E-state index contributed by atoms with van der Waals surface area (Å²) in [7, 11) is -2.88. The predicted molar refractivity (Wildman–Crippen MR) is 64.1 cm³/mol. The number of rotatable bonds is 4.